The zero-order chi connectivity index (χ0) is 38.5. The van der Waals surface area contributed by atoms with E-state index in [1.165, 1.54) is 54.0 Å². The number of ether oxygens (including phenoxy) is 4. The van der Waals surface area contributed by atoms with Gasteiger partial charge in [-0.1, -0.05) is 4.98 Å². The molecular weight excluding hydrogens is 777 g/mol. The van der Waals surface area contributed by atoms with Crippen molar-refractivity contribution in [1.29, 1.82) is 0 Å². The van der Waals surface area contributed by atoms with Crippen LogP contribution in [0.3, 0.4) is 0 Å². The number of aromatic amines is 1. The fraction of sp³-hybridized carbons (Fsp3) is 0.583. The van der Waals surface area contributed by atoms with Gasteiger partial charge >= 0.3 is 29.1 Å². The number of anilines is 2. The number of methoxy groups -OCH3 is 2. The second-order valence-electron chi connectivity index (χ2n) is 11.8. The van der Waals surface area contributed by atoms with Crippen molar-refractivity contribution in [3.05, 3.63) is 29.3 Å². The number of aliphatic hydroxyl groups excluding tert-OH is 1. The summed E-state index contributed by atoms with van der Waals surface area (Å²) in [5.41, 5.74) is 11.7. The highest BCUT2D eigenvalue weighted by atomic mass is 31.3. The number of nitrogen functional groups attached to an aromatic ring is 2. The van der Waals surface area contributed by atoms with Gasteiger partial charge in [0.1, 0.15) is 24.1 Å². The van der Waals surface area contributed by atoms with E-state index in [1.54, 1.807) is 0 Å². The highest BCUT2D eigenvalue weighted by molar-refractivity contribution is 7.66. The highest BCUT2D eigenvalue weighted by Gasteiger charge is 2.50. The number of fused-ring (bicyclic) bond motifs is 2. The van der Waals surface area contributed by atoms with E-state index in [0.717, 1.165) is 0 Å². The molecule has 29 heteroatoms. The minimum Gasteiger partial charge on any atom is -0.386 e. The number of aromatic nitrogens is 8. The fourth-order valence-corrected chi connectivity index (χ4v) is 9.58. The molecule has 6 rings (SSSR count). The Kier molecular flexibility index (Phi) is 11.2. The van der Waals surface area contributed by atoms with Crippen molar-refractivity contribution < 1.29 is 74.7 Å². The number of rotatable bonds is 15. The van der Waals surface area contributed by atoms with Gasteiger partial charge in [0.25, 0.3) is 11.5 Å². The van der Waals surface area contributed by atoms with Crippen LogP contribution in [0, 0.1) is 5.92 Å². The Morgan fingerprint density at radius 2 is 1.72 bits per heavy atom. The van der Waals surface area contributed by atoms with Crippen LogP contribution in [0.2, 0.25) is 0 Å². The first-order valence-electron chi connectivity index (χ1n) is 15.3. The van der Waals surface area contributed by atoms with Crippen LogP contribution in [0.25, 0.3) is 22.3 Å². The van der Waals surface area contributed by atoms with Gasteiger partial charge in [-0.15, -0.1) is 0 Å². The van der Waals surface area contributed by atoms with E-state index in [0.29, 0.717) is 11.2 Å². The molecule has 2 fully saturated rings. The summed E-state index contributed by atoms with van der Waals surface area (Å²) in [4.78, 5) is 61.7. The number of aryl methyl sites for hydroxylation is 1. The van der Waals surface area contributed by atoms with Gasteiger partial charge in [0.15, 0.2) is 24.0 Å². The molecule has 0 aromatic carbocycles. The number of H-pyrrole nitrogens is 1. The summed E-state index contributed by atoms with van der Waals surface area (Å²) in [6, 6.07) is 0. The average molecular weight is 814 g/mol. The zero-order valence-corrected chi connectivity index (χ0v) is 30.6. The summed E-state index contributed by atoms with van der Waals surface area (Å²) in [5, 5.41) is 11.1. The Labute approximate surface area is 297 Å². The molecule has 0 amide bonds. The van der Waals surface area contributed by atoms with Crippen molar-refractivity contribution in [2.24, 2.45) is 13.0 Å². The van der Waals surface area contributed by atoms with E-state index in [4.69, 9.17) is 39.5 Å². The summed E-state index contributed by atoms with van der Waals surface area (Å²) in [7, 11) is -12.6. The van der Waals surface area contributed by atoms with E-state index in [1.807, 2.05) is 0 Å². The summed E-state index contributed by atoms with van der Waals surface area (Å²) in [5.74, 6) is -1.01. The quantitative estimate of drug-likeness (QED) is 0.0544. The van der Waals surface area contributed by atoms with Crippen molar-refractivity contribution in [2.75, 3.05) is 45.5 Å². The van der Waals surface area contributed by atoms with Gasteiger partial charge in [0, 0.05) is 26.6 Å². The standard InChI is InChI=1S/C24H35N10O16P3/c1-32-10-34(20-16(32)21(36)31-24(26)30-20)23-17(35)12(6-43-2)14(48-23)7-46-52(39,40)50-53(41,42)49-51(37,38)45-5-11-4-13(44-3)22(47-11)33-9-29-15-18(25)27-8-28-19(15)33/h8-14,17,22-23,35H,4-7H2,1-3H3,(H7-,25,26,27,28,30,31,36,37,38,39,40,41,42)/p+1/t11-,12+,13+,14+,17+,22+,23+/m0/s1. The lowest BCUT2D eigenvalue weighted by molar-refractivity contribution is -0.745. The Bertz CT molecular complexity index is 2180. The molecule has 0 aliphatic carbocycles. The molecule has 3 unspecified atom stereocenters. The SMILES string of the molecule is COC[C@H]1[C@@H](O)[C@H]([n+]2cn(C)c3c(=O)[nH]c(N)nc32)O[C@@H]1COP(=O)(O)OP(=O)(O)OP(=O)(O)OC[C@@H]1C[C@@H](OC)[C@H](n2cnc3c(N)ncnc32)O1. The third kappa shape index (κ3) is 8.37. The smallest absolute Gasteiger partial charge is 0.386 e. The lowest BCUT2D eigenvalue weighted by Gasteiger charge is -2.22. The van der Waals surface area contributed by atoms with Gasteiger partial charge in [-0.3, -0.25) is 28.0 Å². The molecule has 4 aromatic heterocycles. The van der Waals surface area contributed by atoms with Crippen LogP contribution in [0.5, 0.6) is 0 Å². The maximum atomic E-state index is 12.7. The lowest BCUT2D eigenvalue weighted by atomic mass is 9.99. The zero-order valence-electron chi connectivity index (χ0n) is 27.9. The molecule has 6 heterocycles. The number of nitrogens with two attached hydrogens (primary N) is 2. The van der Waals surface area contributed by atoms with Gasteiger partial charge in [-0.25, -0.2) is 33.2 Å². The minimum absolute atomic E-state index is 0.0473. The third-order valence-corrected chi connectivity index (χ3v) is 12.5. The number of hydrogen-bond donors (Lipinski definition) is 7. The van der Waals surface area contributed by atoms with E-state index in [9.17, 15) is 38.3 Å². The van der Waals surface area contributed by atoms with Crippen molar-refractivity contribution in [1.82, 2.24) is 34.1 Å². The largest absolute Gasteiger partial charge is 0.490 e. The van der Waals surface area contributed by atoms with Crippen LogP contribution in [0.15, 0.2) is 23.8 Å². The average Bonchev–Trinajstić information content (AvgIpc) is 3.82. The predicted octanol–water partition coefficient (Wildman–Crippen LogP) is -1.26. The number of hydrogen-bond acceptors (Lipinski definition) is 19. The van der Waals surface area contributed by atoms with Crippen molar-refractivity contribution in [3.63, 3.8) is 0 Å². The molecule has 4 aromatic rings. The number of aliphatic hydroxyl groups is 1. The fourth-order valence-electron chi connectivity index (χ4n) is 6.04. The van der Waals surface area contributed by atoms with Gasteiger partial charge < -0.3 is 50.2 Å². The molecule has 2 saturated heterocycles. The molecule has 2 aliphatic heterocycles. The number of nitrogens with zero attached hydrogens (tertiary/aromatic N) is 7. The van der Waals surface area contributed by atoms with Gasteiger partial charge in [0.2, 0.25) is 11.7 Å². The van der Waals surface area contributed by atoms with Crippen LogP contribution in [0.1, 0.15) is 18.9 Å². The second kappa shape index (κ2) is 15.1. The molecule has 0 saturated carbocycles. The van der Waals surface area contributed by atoms with E-state index < -0.39 is 85.0 Å². The maximum absolute atomic E-state index is 12.7. The molecule has 9 N–H and O–H groups in total. The predicted molar refractivity (Wildman–Crippen MR) is 174 cm³/mol. The summed E-state index contributed by atoms with van der Waals surface area (Å²) < 4.78 is 82.8. The number of phosphoric ester groups is 2. The highest BCUT2D eigenvalue weighted by Crippen LogP contribution is 2.68. The molecular formula is C24H36N10O16P3+. The first-order valence-corrected chi connectivity index (χ1v) is 19.8. The first kappa shape index (κ1) is 39.4. The summed E-state index contributed by atoms with van der Waals surface area (Å²) >= 11 is 0. The number of phosphoric acid groups is 3. The van der Waals surface area contributed by atoms with Crippen LogP contribution in [0.4, 0.5) is 11.8 Å². The molecule has 53 heavy (non-hydrogen) atoms. The Morgan fingerprint density at radius 3 is 2.40 bits per heavy atom. The molecule has 0 bridgehead atoms. The van der Waals surface area contributed by atoms with E-state index in [2.05, 4.69) is 33.5 Å². The normalized spacial score (nSPS) is 28.3. The van der Waals surface area contributed by atoms with E-state index in [-0.39, 0.29) is 36.0 Å². The first-order chi connectivity index (χ1) is 24.9. The van der Waals surface area contributed by atoms with Crippen LogP contribution < -0.4 is 21.6 Å². The minimum atomic E-state index is -5.85. The molecule has 0 spiro atoms. The van der Waals surface area contributed by atoms with Crippen molar-refractivity contribution in [2.45, 2.75) is 43.3 Å². The molecule has 2 aliphatic rings. The summed E-state index contributed by atoms with van der Waals surface area (Å²) in [6.07, 6.45) is -2.09. The van der Waals surface area contributed by atoms with Crippen molar-refractivity contribution in [3.8, 4) is 0 Å². The molecule has 0 radical (unpaired) electrons. The van der Waals surface area contributed by atoms with E-state index >= 15 is 0 Å². The number of nitrogens with one attached hydrogen (secondary N) is 1. The Hall–Kier alpha value is -3.29. The van der Waals surface area contributed by atoms with Crippen LogP contribution >= 0.6 is 23.5 Å². The van der Waals surface area contributed by atoms with Gasteiger partial charge in [-0.2, -0.15) is 8.62 Å². The molecule has 10 atom stereocenters. The van der Waals surface area contributed by atoms with Gasteiger partial charge in [0.05, 0.1) is 45.4 Å². The topological polar surface area (TPSA) is 356 Å². The Balaban J connectivity index is 1.06. The lowest BCUT2D eigenvalue weighted by Crippen LogP contribution is -2.45. The number of imidazole rings is 2. The molecule has 26 nitrogen and oxygen atoms in total. The van der Waals surface area contributed by atoms with Crippen molar-refractivity contribution >= 4 is 57.6 Å². The van der Waals surface area contributed by atoms with Crippen LogP contribution in [-0.4, -0.2) is 112 Å². The summed E-state index contributed by atoms with van der Waals surface area (Å²) in [6.45, 7) is -1.67. The van der Waals surface area contributed by atoms with Gasteiger partial charge in [-0.05, 0) is 0 Å². The third-order valence-electron chi connectivity index (χ3n) is 8.29. The maximum Gasteiger partial charge on any atom is 0.490 e. The molecule has 292 valence electrons. The van der Waals surface area contributed by atoms with Crippen LogP contribution in [-0.2, 0) is 57.4 Å². The second-order valence-corrected chi connectivity index (χ2v) is 16.5. The Morgan fingerprint density at radius 1 is 1.02 bits per heavy atom. The monoisotopic (exact) mass is 813 g/mol.